The molecule has 0 aliphatic carbocycles. The van der Waals surface area contributed by atoms with E-state index in [1.807, 2.05) is 26.0 Å². The molecule has 0 bridgehead atoms. The molecule has 0 saturated heterocycles. The van der Waals surface area contributed by atoms with Crippen molar-refractivity contribution in [2.24, 2.45) is 11.3 Å². The predicted octanol–water partition coefficient (Wildman–Crippen LogP) is 9.49. The first kappa shape index (κ1) is 42.9. The molecular weight excluding hydrogens is 653 g/mol. The van der Waals surface area contributed by atoms with Crippen molar-refractivity contribution in [1.82, 2.24) is 0 Å². The Morgan fingerprint density at radius 3 is 2.02 bits per heavy atom. The Labute approximate surface area is 302 Å². The monoisotopic (exact) mass is 714 g/mol. The summed E-state index contributed by atoms with van der Waals surface area (Å²) in [5.41, 5.74) is 4.95. The van der Waals surface area contributed by atoms with Crippen molar-refractivity contribution < 1.29 is 36.8 Å². The molecule has 50 heavy (non-hydrogen) atoms. The first-order chi connectivity index (χ1) is 23.6. The molecule has 1 unspecified atom stereocenters. The first-order valence-electron chi connectivity index (χ1n) is 17.4. The van der Waals surface area contributed by atoms with Crippen LogP contribution in [-0.4, -0.2) is 62.1 Å². The van der Waals surface area contributed by atoms with Gasteiger partial charge in [-0.1, -0.05) is 80.8 Å². The number of methoxy groups -OCH3 is 4. The maximum Gasteiger partial charge on any atom is 0.207 e. The van der Waals surface area contributed by atoms with Gasteiger partial charge in [-0.25, -0.2) is 8.42 Å². The largest absolute Gasteiger partial charge is 0.492 e. The molecule has 0 aliphatic rings. The van der Waals surface area contributed by atoms with Crippen molar-refractivity contribution in [2.75, 3.05) is 48.4 Å². The average Bonchev–Trinajstić information content (AvgIpc) is 3.06. The smallest absolute Gasteiger partial charge is 0.207 e. The Balaban J connectivity index is 2.51. The minimum absolute atomic E-state index is 0.0158. The minimum Gasteiger partial charge on any atom is -0.492 e. The number of hydrogen-bond donors (Lipinski definition) is 0. The predicted molar refractivity (Wildman–Crippen MR) is 204 cm³/mol. The van der Waals surface area contributed by atoms with Crippen LogP contribution in [0.4, 0.5) is 0 Å². The highest BCUT2D eigenvalue weighted by Gasteiger charge is 2.30. The average molecular weight is 715 g/mol. The van der Waals surface area contributed by atoms with Crippen molar-refractivity contribution >= 4 is 9.84 Å². The van der Waals surface area contributed by atoms with Crippen LogP contribution in [0, 0.1) is 18.3 Å². The summed E-state index contributed by atoms with van der Waals surface area (Å²) in [4.78, 5) is 0.305. The van der Waals surface area contributed by atoms with E-state index >= 15 is 0 Å². The van der Waals surface area contributed by atoms with Gasteiger partial charge in [0.2, 0.25) is 11.5 Å². The third-order valence-corrected chi connectivity index (χ3v) is 11.0. The topological polar surface area (TPSA) is 89.5 Å². The molecule has 0 spiro atoms. The van der Waals surface area contributed by atoms with Crippen LogP contribution in [0.5, 0.6) is 23.0 Å². The van der Waals surface area contributed by atoms with Gasteiger partial charge in [0.15, 0.2) is 28.1 Å². The SMILES string of the molecule is COCCOCOc1c(C)c(C/C=C(\C)C(C/C=C(\C)CC(C)(C)C/C=C(\C)CC(C)C)S(=O)(=O)c2ccccc2)c(OC)c(OC)c1OC. The number of sulfone groups is 1. The van der Waals surface area contributed by atoms with Gasteiger partial charge in [0.05, 0.1) is 44.7 Å². The van der Waals surface area contributed by atoms with Crippen LogP contribution in [0.15, 0.2) is 70.2 Å². The van der Waals surface area contributed by atoms with Crippen molar-refractivity contribution in [2.45, 2.75) is 97.6 Å². The van der Waals surface area contributed by atoms with E-state index in [9.17, 15) is 8.42 Å². The molecule has 0 fully saturated rings. The molecule has 0 saturated carbocycles. The lowest BCUT2D eigenvalue weighted by Gasteiger charge is -2.25. The summed E-state index contributed by atoms with van der Waals surface area (Å²) < 4.78 is 62.3. The highest BCUT2D eigenvalue weighted by molar-refractivity contribution is 7.92. The molecule has 2 rings (SSSR count). The Morgan fingerprint density at radius 1 is 0.820 bits per heavy atom. The van der Waals surface area contributed by atoms with E-state index in [0.717, 1.165) is 36.0 Å². The van der Waals surface area contributed by atoms with Gasteiger partial charge in [-0.05, 0) is 83.3 Å². The molecule has 2 aromatic rings. The third-order valence-electron chi connectivity index (χ3n) is 8.77. The molecule has 1 atom stereocenters. The lowest BCUT2D eigenvalue weighted by molar-refractivity contribution is -0.00994. The molecule has 8 nitrogen and oxygen atoms in total. The standard InChI is InChI=1S/C41H62O8S/c1-29(2)26-30(3)22-23-41(7,8)27-31(4)18-21-36(50(42,43)34-16-14-13-15-17-34)32(5)19-20-35-33(6)37(49-28-48-25-24-44-9)39(46-11)40(47-12)38(35)45-10/h13-19,22,29,36H,20-21,23-28H2,1-12H3/b30-22+,31-18+,32-19+. The summed E-state index contributed by atoms with van der Waals surface area (Å²) in [6.07, 6.45) is 10.1. The zero-order valence-electron chi connectivity index (χ0n) is 32.6. The summed E-state index contributed by atoms with van der Waals surface area (Å²) in [5.74, 6) is 2.37. The molecular formula is C41H62O8S. The van der Waals surface area contributed by atoms with Crippen LogP contribution in [0.25, 0.3) is 0 Å². The highest BCUT2D eigenvalue weighted by Crippen LogP contribution is 2.49. The van der Waals surface area contributed by atoms with Crippen LogP contribution in [0.2, 0.25) is 0 Å². The Morgan fingerprint density at radius 2 is 1.44 bits per heavy atom. The van der Waals surface area contributed by atoms with E-state index in [2.05, 4.69) is 53.7 Å². The van der Waals surface area contributed by atoms with Crippen LogP contribution >= 0.6 is 0 Å². The number of hydrogen-bond acceptors (Lipinski definition) is 8. The van der Waals surface area contributed by atoms with E-state index in [-0.39, 0.29) is 12.2 Å². The molecule has 0 aromatic heterocycles. The van der Waals surface area contributed by atoms with Crippen molar-refractivity contribution in [3.05, 3.63) is 76.4 Å². The second-order valence-corrected chi connectivity index (χ2v) is 16.3. The lowest BCUT2D eigenvalue weighted by Crippen LogP contribution is -2.23. The molecule has 0 N–H and O–H groups in total. The number of rotatable bonds is 22. The Hall–Kier alpha value is -3.27. The van der Waals surface area contributed by atoms with Gasteiger partial charge in [-0.2, -0.15) is 0 Å². The number of benzene rings is 2. The van der Waals surface area contributed by atoms with Gasteiger partial charge in [0.25, 0.3) is 0 Å². The molecule has 9 heteroatoms. The molecule has 0 amide bonds. The fraction of sp³-hybridized carbons (Fsp3) is 0.561. The van der Waals surface area contributed by atoms with E-state index in [4.69, 9.17) is 28.4 Å². The summed E-state index contributed by atoms with van der Waals surface area (Å²) in [6.45, 7) is 17.9. The quantitative estimate of drug-likeness (QED) is 0.0677. The molecule has 0 aliphatic heterocycles. The number of ether oxygens (including phenoxy) is 6. The summed E-state index contributed by atoms with van der Waals surface area (Å²) in [6, 6.07) is 8.69. The fourth-order valence-electron chi connectivity index (χ4n) is 6.24. The zero-order valence-corrected chi connectivity index (χ0v) is 33.4. The second-order valence-electron chi connectivity index (χ2n) is 14.2. The molecule has 0 radical (unpaired) electrons. The van der Waals surface area contributed by atoms with Crippen LogP contribution < -0.4 is 18.9 Å². The Bertz CT molecular complexity index is 1550. The van der Waals surface area contributed by atoms with Crippen molar-refractivity contribution in [3.8, 4) is 23.0 Å². The first-order valence-corrected chi connectivity index (χ1v) is 19.0. The lowest BCUT2D eigenvalue weighted by atomic mass is 9.81. The van der Waals surface area contributed by atoms with Crippen LogP contribution in [0.3, 0.4) is 0 Å². The van der Waals surface area contributed by atoms with Gasteiger partial charge in [0.1, 0.15) is 0 Å². The minimum atomic E-state index is -3.70. The van der Waals surface area contributed by atoms with Crippen molar-refractivity contribution in [3.63, 3.8) is 0 Å². The summed E-state index contributed by atoms with van der Waals surface area (Å²) >= 11 is 0. The second kappa shape index (κ2) is 20.5. The van der Waals surface area contributed by atoms with Crippen LogP contribution in [-0.2, 0) is 25.7 Å². The van der Waals surface area contributed by atoms with E-state index < -0.39 is 15.1 Å². The maximum atomic E-state index is 14.2. The highest BCUT2D eigenvalue weighted by atomic mass is 32.2. The van der Waals surface area contributed by atoms with Gasteiger partial charge >= 0.3 is 0 Å². The van der Waals surface area contributed by atoms with E-state index in [0.29, 0.717) is 59.9 Å². The van der Waals surface area contributed by atoms with Gasteiger partial charge < -0.3 is 28.4 Å². The normalized spacial score (nSPS) is 13.8. The van der Waals surface area contributed by atoms with Gasteiger partial charge in [-0.3, -0.25) is 0 Å². The maximum absolute atomic E-state index is 14.2. The van der Waals surface area contributed by atoms with Crippen LogP contribution in [0.1, 0.15) is 85.3 Å². The zero-order chi connectivity index (χ0) is 37.5. The Kier molecular flexibility index (Phi) is 17.6. The molecule has 280 valence electrons. The summed E-state index contributed by atoms with van der Waals surface area (Å²) in [5, 5.41) is -0.757. The van der Waals surface area contributed by atoms with Crippen molar-refractivity contribution in [1.29, 1.82) is 0 Å². The third kappa shape index (κ3) is 12.5. The van der Waals surface area contributed by atoms with E-state index in [1.165, 1.54) is 11.1 Å². The molecule has 0 heterocycles. The number of allylic oxidation sites excluding steroid dienone is 5. The summed E-state index contributed by atoms with van der Waals surface area (Å²) in [7, 11) is 2.56. The van der Waals surface area contributed by atoms with Gasteiger partial charge in [0, 0.05) is 18.2 Å². The fourth-order valence-corrected chi connectivity index (χ4v) is 8.04. The van der Waals surface area contributed by atoms with E-state index in [1.54, 1.807) is 52.7 Å². The van der Waals surface area contributed by atoms with Gasteiger partial charge in [-0.15, -0.1) is 0 Å². The molecule has 2 aromatic carbocycles.